The highest BCUT2D eigenvalue weighted by Gasteiger charge is 2.43. The summed E-state index contributed by atoms with van der Waals surface area (Å²) in [6.07, 6.45) is -6.89. The van der Waals surface area contributed by atoms with Gasteiger partial charge in [0.1, 0.15) is 11.6 Å². The molecule has 0 aliphatic rings. The fourth-order valence-electron chi connectivity index (χ4n) is 0.907. The number of carbonyl (C=O) groups excluding carboxylic acids is 3. The van der Waals surface area contributed by atoms with E-state index < -0.39 is 42.3 Å². The summed E-state index contributed by atoms with van der Waals surface area (Å²) in [5.74, 6) is -4.02. The highest BCUT2D eigenvalue weighted by atomic mass is 19.4. The maximum Gasteiger partial charge on any atom is 0.472 e. The van der Waals surface area contributed by atoms with Gasteiger partial charge in [0, 0.05) is 0 Å². The Balaban J connectivity index is 5.25. The molecule has 0 heterocycles. The van der Waals surface area contributed by atoms with Crippen molar-refractivity contribution < 1.29 is 37.4 Å². The van der Waals surface area contributed by atoms with Crippen LogP contribution in [0.5, 0.6) is 0 Å². The van der Waals surface area contributed by atoms with Gasteiger partial charge in [0.2, 0.25) is 0 Å². The third kappa shape index (κ3) is 6.40. The lowest BCUT2D eigenvalue weighted by Crippen LogP contribution is -2.59. The lowest BCUT2D eigenvalue weighted by molar-refractivity contribution is -0.179. The fraction of sp³-hybridized carbons (Fsp3) is 0.700. The number of hydrazine groups is 1. The number of carbonyl (C=O) groups is 3. The number of nitrogens with zero attached hydrogens (tertiary/aromatic N) is 1. The molecule has 0 spiro atoms. The van der Waals surface area contributed by atoms with E-state index in [4.69, 9.17) is 10.8 Å². The quantitative estimate of drug-likeness (QED) is 0.599. The standard InChI is InChI=1S/C10H16F3N3O5/c1-9(2,3)21-8(20)16(6(18)5(14)4-17)15-7(19)10(11,12)13/h5,17H,4,14H2,1-3H3,(H,15,19)/t5-/m0/s1. The largest absolute Gasteiger partial charge is 0.472 e. The summed E-state index contributed by atoms with van der Waals surface area (Å²) < 4.78 is 41.2. The van der Waals surface area contributed by atoms with Gasteiger partial charge in [0.25, 0.3) is 5.91 Å². The van der Waals surface area contributed by atoms with Crippen molar-refractivity contribution in [2.75, 3.05) is 6.61 Å². The first-order valence-electron chi connectivity index (χ1n) is 5.60. The molecule has 0 unspecified atom stereocenters. The van der Waals surface area contributed by atoms with Crippen molar-refractivity contribution in [1.29, 1.82) is 0 Å². The van der Waals surface area contributed by atoms with Crippen LogP contribution in [0.15, 0.2) is 0 Å². The topological polar surface area (TPSA) is 122 Å². The number of aliphatic hydroxyl groups excluding tert-OH is 1. The van der Waals surface area contributed by atoms with Crippen molar-refractivity contribution in [3.63, 3.8) is 0 Å². The molecule has 11 heteroatoms. The normalized spacial score (nSPS) is 13.3. The molecule has 122 valence electrons. The molecule has 8 nitrogen and oxygen atoms in total. The van der Waals surface area contributed by atoms with Crippen molar-refractivity contribution in [1.82, 2.24) is 10.4 Å². The molecule has 0 aliphatic heterocycles. The molecule has 0 saturated heterocycles. The Kier molecular flexibility index (Phi) is 6.12. The number of nitrogens with one attached hydrogen (secondary N) is 1. The third-order valence-corrected chi connectivity index (χ3v) is 1.78. The summed E-state index contributed by atoms with van der Waals surface area (Å²) in [6.45, 7) is 3.24. The monoisotopic (exact) mass is 315 g/mol. The maximum absolute atomic E-state index is 12.2. The van der Waals surface area contributed by atoms with Gasteiger partial charge in [-0.25, -0.2) is 10.2 Å². The summed E-state index contributed by atoms with van der Waals surface area (Å²) >= 11 is 0. The minimum absolute atomic E-state index is 0.318. The number of halogens is 3. The molecule has 0 aromatic heterocycles. The third-order valence-electron chi connectivity index (χ3n) is 1.78. The van der Waals surface area contributed by atoms with Crippen LogP contribution in [0.1, 0.15) is 20.8 Å². The number of imide groups is 1. The van der Waals surface area contributed by atoms with E-state index in [9.17, 15) is 27.6 Å². The average Bonchev–Trinajstić information content (AvgIpc) is 2.30. The van der Waals surface area contributed by atoms with Crippen LogP contribution in [0.2, 0.25) is 0 Å². The molecule has 1 atom stereocenters. The molecule has 0 aromatic rings. The molecular formula is C10H16F3N3O5. The van der Waals surface area contributed by atoms with Crippen LogP contribution in [0.3, 0.4) is 0 Å². The molecule has 0 radical (unpaired) electrons. The van der Waals surface area contributed by atoms with E-state index in [1.54, 1.807) is 0 Å². The van der Waals surface area contributed by atoms with Gasteiger partial charge in [0.15, 0.2) is 0 Å². The minimum atomic E-state index is -5.33. The highest BCUT2D eigenvalue weighted by Crippen LogP contribution is 2.15. The second-order valence-electron chi connectivity index (χ2n) is 4.88. The van der Waals surface area contributed by atoms with E-state index in [1.807, 2.05) is 0 Å². The SMILES string of the molecule is CC(C)(C)OC(=O)N(NC(=O)C(F)(F)F)C(=O)[C@@H](N)CO. The number of aliphatic hydroxyl groups is 1. The van der Waals surface area contributed by atoms with Crippen molar-refractivity contribution >= 4 is 17.9 Å². The summed E-state index contributed by atoms with van der Waals surface area (Å²) in [4.78, 5) is 34.1. The van der Waals surface area contributed by atoms with Gasteiger partial charge in [-0.2, -0.15) is 13.2 Å². The summed E-state index contributed by atoms with van der Waals surface area (Å²) in [5, 5.41) is 8.39. The number of hydrogen-bond acceptors (Lipinski definition) is 6. The second-order valence-corrected chi connectivity index (χ2v) is 4.88. The van der Waals surface area contributed by atoms with E-state index in [0.717, 1.165) is 5.43 Å². The van der Waals surface area contributed by atoms with E-state index in [0.29, 0.717) is 0 Å². The summed E-state index contributed by atoms with van der Waals surface area (Å²) in [7, 11) is 0. The Morgan fingerprint density at radius 2 is 1.76 bits per heavy atom. The van der Waals surface area contributed by atoms with Crippen LogP contribution in [0.25, 0.3) is 0 Å². The van der Waals surface area contributed by atoms with E-state index in [2.05, 4.69) is 4.74 Å². The maximum atomic E-state index is 12.2. The molecule has 0 fully saturated rings. The summed E-state index contributed by atoms with van der Waals surface area (Å²) in [5.41, 5.74) is 5.03. The zero-order chi connectivity index (χ0) is 17.0. The highest BCUT2D eigenvalue weighted by molar-refractivity contribution is 5.97. The first kappa shape index (κ1) is 19.1. The molecule has 21 heavy (non-hydrogen) atoms. The number of ether oxygens (including phenoxy) is 1. The van der Waals surface area contributed by atoms with Crippen LogP contribution in [0, 0.1) is 0 Å². The van der Waals surface area contributed by atoms with E-state index in [1.165, 1.54) is 20.8 Å². The Morgan fingerprint density at radius 3 is 2.10 bits per heavy atom. The molecule has 3 amide bonds. The van der Waals surface area contributed by atoms with Gasteiger partial charge < -0.3 is 15.6 Å². The summed E-state index contributed by atoms with van der Waals surface area (Å²) in [6, 6.07) is -1.70. The van der Waals surface area contributed by atoms with E-state index in [-0.39, 0.29) is 5.01 Å². The predicted octanol–water partition coefficient (Wildman–Crippen LogP) is -0.337. The molecule has 0 rings (SSSR count). The number of alkyl halides is 3. The van der Waals surface area contributed by atoms with Gasteiger partial charge in [0.05, 0.1) is 6.61 Å². The minimum Gasteiger partial charge on any atom is -0.442 e. The predicted molar refractivity (Wildman–Crippen MR) is 62.3 cm³/mol. The Morgan fingerprint density at radius 1 is 1.29 bits per heavy atom. The van der Waals surface area contributed by atoms with Crippen LogP contribution in [0.4, 0.5) is 18.0 Å². The van der Waals surface area contributed by atoms with Crippen LogP contribution >= 0.6 is 0 Å². The lowest BCUT2D eigenvalue weighted by atomic mass is 10.2. The molecule has 0 bridgehead atoms. The number of rotatable bonds is 2. The van der Waals surface area contributed by atoms with Crippen LogP contribution in [-0.4, -0.2) is 52.4 Å². The van der Waals surface area contributed by atoms with Gasteiger partial charge in [-0.15, -0.1) is 5.01 Å². The molecule has 0 aromatic carbocycles. The first-order chi connectivity index (χ1) is 9.29. The Hall–Kier alpha value is -1.88. The number of amides is 3. The average molecular weight is 315 g/mol. The van der Waals surface area contributed by atoms with Crippen molar-refractivity contribution in [3.8, 4) is 0 Å². The van der Waals surface area contributed by atoms with E-state index >= 15 is 0 Å². The Labute approximate surface area is 118 Å². The van der Waals surface area contributed by atoms with Gasteiger partial charge in [-0.1, -0.05) is 0 Å². The lowest BCUT2D eigenvalue weighted by Gasteiger charge is -2.27. The smallest absolute Gasteiger partial charge is 0.442 e. The molecule has 0 aliphatic carbocycles. The van der Waals surface area contributed by atoms with Crippen molar-refractivity contribution in [3.05, 3.63) is 0 Å². The van der Waals surface area contributed by atoms with Crippen molar-refractivity contribution in [2.45, 2.75) is 38.6 Å². The number of hydrogen-bond donors (Lipinski definition) is 3. The molecular weight excluding hydrogens is 299 g/mol. The first-order valence-corrected chi connectivity index (χ1v) is 5.60. The van der Waals surface area contributed by atoms with Gasteiger partial charge in [-0.3, -0.25) is 9.59 Å². The zero-order valence-corrected chi connectivity index (χ0v) is 11.5. The Bertz CT molecular complexity index is 419. The molecule has 0 saturated carbocycles. The fourth-order valence-corrected chi connectivity index (χ4v) is 0.907. The van der Waals surface area contributed by atoms with Crippen molar-refractivity contribution in [2.24, 2.45) is 5.73 Å². The zero-order valence-electron chi connectivity index (χ0n) is 11.5. The second kappa shape index (κ2) is 6.72. The van der Waals surface area contributed by atoms with Gasteiger partial charge in [-0.05, 0) is 20.8 Å². The molecule has 4 N–H and O–H groups in total. The van der Waals surface area contributed by atoms with Crippen LogP contribution < -0.4 is 11.2 Å². The van der Waals surface area contributed by atoms with Gasteiger partial charge >= 0.3 is 18.2 Å². The van der Waals surface area contributed by atoms with Crippen LogP contribution in [-0.2, 0) is 14.3 Å². The number of nitrogens with two attached hydrogens (primary N) is 1.